The molecule has 104 valence electrons. The van der Waals surface area contributed by atoms with E-state index in [1.165, 1.54) is 23.3 Å². The van der Waals surface area contributed by atoms with Crippen LogP contribution in [0.5, 0.6) is 0 Å². The summed E-state index contributed by atoms with van der Waals surface area (Å²) in [6.45, 7) is 0.276. The Labute approximate surface area is 118 Å². The van der Waals surface area contributed by atoms with Gasteiger partial charge in [0.1, 0.15) is 0 Å². The summed E-state index contributed by atoms with van der Waals surface area (Å²) in [4.78, 5) is 24.9. The zero-order chi connectivity index (χ0) is 14.1. The first-order valence-electron chi connectivity index (χ1n) is 5.94. The van der Waals surface area contributed by atoms with Gasteiger partial charge >= 0.3 is 5.97 Å². The Bertz CT molecular complexity index is 637. The highest BCUT2D eigenvalue weighted by atomic mass is 32.1. The van der Waals surface area contributed by atoms with Crippen LogP contribution in [0.4, 0.5) is 5.13 Å². The van der Waals surface area contributed by atoms with Crippen LogP contribution in [-0.4, -0.2) is 35.7 Å². The minimum absolute atomic E-state index is 0.141. The summed E-state index contributed by atoms with van der Waals surface area (Å²) in [5, 5.41) is 9.04. The molecule has 8 heteroatoms. The van der Waals surface area contributed by atoms with E-state index in [0.29, 0.717) is 15.9 Å². The van der Waals surface area contributed by atoms with Gasteiger partial charge in [-0.25, -0.2) is 0 Å². The van der Waals surface area contributed by atoms with E-state index < -0.39 is 5.92 Å². The number of nitrogens with zero attached hydrogens (tertiary/aromatic N) is 3. The molecule has 20 heavy (non-hydrogen) atoms. The van der Waals surface area contributed by atoms with Crippen molar-refractivity contribution in [2.75, 3.05) is 18.6 Å². The van der Waals surface area contributed by atoms with Crippen LogP contribution >= 0.6 is 11.3 Å². The molecule has 0 saturated carbocycles. The van der Waals surface area contributed by atoms with Crippen molar-refractivity contribution in [3.05, 3.63) is 18.4 Å². The van der Waals surface area contributed by atoms with Crippen molar-refractivity contribution in [2.24, 2.45) is 5.92 Å². The second kappa shape index (κ2) is 5.04. The smallest absolute Gasteiger partial charge is 0.311 e. The van der Waals surface area contributed by atoms with Gasteiger partial charge in [-0.1, -0.05) is 11.3 Å². The predicted molar refractivity (Wildman–Crippen MR) is 70.1 cm³/mol. The Morgan fingerprint density at radius 3 is 3.10 bits per heavy atom. The first-order valence-corrected chi connectivity index (χ1v) is 6.76. The number of hydrogen-bond acceptors (Lipinski definition) is 7. The molecule has 1 atom stereocenters. The third kappa shape index (κ3) is 2.18. The molecule has 0 aromatic carbocycles. The number of amides is 1. The lowest BCUT2D eigenvalue weighted by Gasteiger charge is -2.10. The molecule has 1 aliphatic rings. The fourth-order valence-corrected chi connectivity index (χ4v) is 2.88. The van der Waals surface area contributed by atoms with Crippen LogP contribution in [0.2, 0.25) is 0 Å². The van der Waals surface area contributed by atoms with Crippen molar-refractivity contribution in [3.8, 4) is 10.8 Å². The number of esters is 1. The van der Waals surface area contributed by atoms with E-state index >= 15 is 0 Å². The maximum absolute atomic E-state index is 11.9. The molecule has 0 aliphatic carbocycles. The number of carbonyl (C=O) groups is 2. The van der Waals surface area contributed by atoms with E-state index in [-0.39, 0.29) is 24.8 Å². The van der Waals surface area contributed by atoms with Gasteiger partial charge in [-0.3, -0.25) is 14.5 Å². The number of rotatable bonds is 3. The summed E-state index contributed by atoms with van der Waals surface area (Å²) in [6.07, 6.45) is 1.69. The molecular formula is C12H11N3O4S. The minimum atomic E-state index is -0.441. The van der Waals surface area contributed by atoms with E-state index in [4.69, 9.17) is 4.42 Å². The van der Waals surface area contributed by atoms with Gasteiger partial charge in [0.05, 0.1) is 19.3 Å². The molecule has 1 aliphatic heterocycles. The second-order valence-electron chi connectivity index (χ2n) is 4.30. The van der Waals surface area contributed by atoms with Gasteiger partial charge in [0.25, 0.3) is 0 Å². The third-order valence-electron chi connectivity index (χ3n) is 3.04. The van der Waals surface area contributed by atoms with Crippen molar-refractivity contribution in [1.82, 2.24) is 10.2 Å². The first-order chi connectivity index (χ1) is 9.69. The summed E-state index contributed by atoms with van der Waals surface area (Å²) in [5.41, 5.74) is 0. The quantitative estimate of drug-likeness (QED) is 0.793. The molecule has 0 radical (unpaired) electrons. The Balaban J connectivity index is 1.80. The highest BCUT2D eigenvalue weighted by Gasteiger charge is 2.37. The monoisotopic (exact) mass is 293 g/mol. The Morgan fingerprint density at radius 2 is 2.40 bits per heavy atom. The molecule has 1 amide bonds. The molecule has 1 unspecified atom stereocenters. The highest BCUT2D eigenvalue weighted by Crippen LogP contribution is 2.32. The lowest BCUT2D eigenvalue weighted by molar-refractivity contribution is -0.145. The zero-order valence-corrected chi connectivity index (χ0v) is 11.4. The van der Waals surface area contributed by atoms with Crippen LogP contribution in [0.25, 0.3) is 10.8 Å². The Hall–Kier alpha value is -2.22. The topological polar surface area (TPSA) is 85.5 Å². The van der Waals surface area contributed by atoms with Gasteiger partial charge in [-0.15, -0.1) is 10.2 Å². The normalized spacial score (nSPS) is 18.6. The summed E-state index contributed by atoms with van der Waals surface area (Å²) in [5.74, 6) is -0.368. The molecule has 0 bridgehead atoms. The molecule has 0 N–H and O–H groups in total. The van der Waals surface area contributed by atoms with E-state index in [2.05, 4.69) is 14.9 Å². The number of methoxy groups -OCH3 is 1. The summed E-state index contributed by atoms with van der Waals surface area (Å²) >= 11 is 1.25. The average molecular weight is 293 g/mol. The molecule has 3 rings (SSSR count). The molecular weight excluding hydrogens is 282 g/mol. The van der Waals surface area contributed by atoms with Gasteiger partial charge < -0.3 is 9.15 Å². The maximum Gasteiger partial charge on any atom is 0.311 e. The number of hydrogen-bond donors (Lipinski definition) is 0. The van der Waals surface area contributed by atoms with E-state index in [1.807, 2.05) is 0 Å². The minimum Gasteiger partial charge on any atom is -0.469 e. The molecule has 1 saturated heterocycles. The van der Waals surface area contributed by atoms with Gasteiger partial charge in [0, 0.05) is 13.0 Å². The SMILES string of the molecule is COC(=O)C1CC(=O)N(c2nnc(-c3ccco3)s2)C1. The number of ether oxygens (including phenoxy) is 1. The van der Waals surface area contributed by atoms with Crippen molar-refractivity contribution in [2.45, 2.75) is 6.42 Å². The largest absolute Gasteiger partial charge is 0.469 e. The molecule has 2 aromatic rings. The van der Waals surface area contributed by atoms with Crippen LogP contribution < -0.4 is 4.90 Å². The van der Waals surface area contributed by atoms with Crippen LogP contribution in [-0.2, 0) is 14.3 Å². The van der Waals surface area contributed by atoms with Crippen LogP contribution in [0.15, 0.2) is 22.8 Å². The van der Waals surface area contributed by atoms with E-state index in [1.54, 1.807) is 18.4 Å². The number of aromatic nitrogens is 2. The maximum atomic E-state index is 11.9. The van der Waals surface area contributed by atoms with E-state index in [9.17, 15) is 9.59 Å². The summed E-state index contributed by atoms with van der Waals surface area (Å²) in [6, 6.07) is 3.53. The third-order valence-corrected chi connectivity index (χ3v) is 4.00. The number of carbonyl (C=O) groups excluding carboxylic acids is 2. The first kappa shape index (κ1) is 12.8. The van der Waals surface area contributed by atoms with Crippen molar-refractivity contribution in [3.63, 3.8) is 0 Å². The number of anilines is 1. The van der Waals surface area contributed by atoms with Gasteiger partial charge in [-0.05, 0) is 12.1 Å². The van der Waals surface area contributed by atoms with Gasteiger partial charge in [0.15, 0.2) is 10.8 Å². The second-order valence-corrected chi connectivity index (χ2v) is 5.25. The predicted octanol–water partition coefficient (Wildman–Crippen LogP) is 1.32. The van der Waals surface area contributed by atoms with Crippen molar-refractivity contribution in [1.29, 1.82) is 0 Å². The van der Waals surface area contributed by atoms with Crippen molar-refractivity contribution < 1.29 is 18.7 Å². The highest BCUT2D eigenvalue weighted by molar-refractivity contribution is 7.18. The molecule has 2 aromatic heterocycles. The van der Waals surface area contributed by atoms with Crippen LogP contribution in [0, 0.1) is 5.92 Å². The van der Waals surface area contributed by atoms with Crippen molar-refractivity contribution >= 4 is 28.3 Å². The van der Waals surface area contributed by atoms with Crippen LogP contribution in [0.1, 0.15) is 6.42 Å². The Morgan fingerprint density at radius 1 is 1.55 bits per heavy atom. The molecule has 1 fully saturated rings. The van der Waals surface area contributed by atoms with Crippen LogP contribution in [0.3, 0.4) is 0 Å². The fraction of sp³-hybridized carbons (Fsp3) is 0.333. The summed E-state index contributed by atoms with van der Waals surface area (Å²) < 4.78 is 9.89. The Kier molecular flexibility index (Phi) is 3.23. The lowest BCUT2D eigenvalue weighted by atomic mass is 10.1. The lowest BCUT2D eigenvalue weighted by Crippen LogP contribution is -2.26. The van der Waals surface area contributed by atoms with E-state index in [0.717, 1.165) is 0 Å². The molecule has 0 spiro atoms. The van der Waals surface area contributed by atoms with Gasteiger partial charge in [-0.2, -0.15) is 0 Å². The molecule has 3 heterocycles. The fourth-order valence-electron chi connectivity index (χ4n) is 2.04. The summed E-state index contributed by atoms with van der Waals surface area (Å²) in [7, 11) is 1.31. The number of furan rings is 1. The molecule has 7 nitrogen and oxygen atoms in total. The van der Waals surface area contributed by atoms with Gasteiger partial charge in [0.2, 0.25) is 11.0 Å². The zero-order valence-electron chi connectivity index (χ0n) is 10.6. The standard InChI is InChI=1S/C12H11N3O4S/c1-18-11(17)7-5-9(16)15(6-7)12-14-13-10(20-12)8-3-2-4-19-8/h2-4,7H,5-6H2,1H3. The average Bonchev–Trinajstić information content (AvgIpc) is 3.16.